The van der Waals surface area contributed by atoms with Crippen LogP contribution in [0.5, 0.6) is 0 Å². The molecule has 1 aromatic rings. The van der Waals surface area contributed by atoms with Gasteiger partial charge in [0.25, 0.3) is 5.91 Å². The second-order valence-electron chi connectivity index (χ2n) is 7.44. The van der Waals surface area contributed by atoms with E-state index in [0.717, 1.165) is 19.3 Å². The standard InChI is InChI=1S/C18H25N5O5/c24-15-11(2-1-6-19-15)9-14(18(27)28)22-17(26)13(8-10-3-4-10)21-16(25)12-5-7-20-23-12/h5,7,10-11,13-14H,1-4,6,8-9H2,(H,19,24)(H,20,23)(H,21,25)(H,22,26)(H,27,28). The minimum Gasteiger partial charge on any atom is -0.480 e. The zero-order chi connectivity index (χ0) is 20.1. The van der Waals surface area contributed by atoms with Crippen LogP contribution in [0.15, 0.2) is 12.3 Å². The van der Waals surface area contributed by atoms with Gasteiger partial charge in [0.15, 0.2) is 0 Å². The summed E-state index contributed by atoms with van der Waals surface area (Å²) in [5.41, 5.74) is 0.224. The van der Waals surface area contributed by atoms with Gasteiger partial charge >= 0.3 is 5.97 Å². The first-order valence-electron chi connectivity index (χ1n) is 9.55. The molecule has 2 fully saturated rings. The smallest absolute Gasteiger partial charge is 0.326 e. The number of carboxylic acid groups (broad SMARTS) is 1. The Bertz CT molecular complexity index is 731. The summed E-state index contributed by atoms with van der Waals surface area (Å²) < 4.78 is 0. The van der Waals surface area contributed by atoms with Crippen LogP contribution in [0.3, 0.4) is 0 Å². The number of aromatic nitrogens is 2. The van der Waals surface area contributed by atoms with Crippen molar-refractivity contribution in [1.29, 1.82) is 0 Å². The molecule has 3 unspecified atom stereocenters. The predicted octanol–water partition coefficient (Wildman–Crippen LogP) is -0.206. The zero-order valence-corrected chi connectivity index (χ0v) is 15.4. The van der Waals surface area contributed by atoms with Crippen molar-refractivity contribution in [2.45, 2.75) is 50.6 Å². The average Bonchev–Trinajstić information content (AvgIpc) is 3.30. The van der Waals surface area contributed by atoms with Crippen molar-refractivity contribution in [3.63, 3.8) is 0 Å². The number of hydrogen-bond acceptors (Lipinski definition) is 5. The third-order valence-electron chi connectivity index (χ3n) is 5.17. The summed E-state index contributed by atoms with van der Waals surface area (Å²) >= 11 is 0. The van der Waals surface area contributed by atoms with E-state index in [2.05, 4.69) is 26.1 Å². The highest BCUT2D eigenvalue weighted by molar-refractivity contribution is 5.96. The minimum atomic E-state index is -1.20. The molecule has 5 N–H and O–H groups in total. The summed E-state index contributed by atoms with van der Waals surface area (Å²) in [5, 5.41) is 23.6. The first-order chi connectivity index (χ1) is 13.4. The molecule has 10 nitrogen and oxygen atoms in total. The number of nitrogens with zero attached hydrogens (tertiary/aromatic N) is 1. The lowest BCUT2D eigenvalue weighted by Gasteiger charge is -2.26. The minimum absolute atomic E-state index is 0.0253. The van der Waals surface area contributed by atoms with Gasteiger partial charge in [-0.2, -0.15) is 5.10 Å². The molecule has 1 aliphatic heterocycles. The molecule has 0 spiro atoms. The van der Waals surface area contributed by atoms with Gasteiger partial charge in [-0.1, -0.05) is 12.8 Å². The fourth-order valence-corrected chi connectivity index (χ4v) is 3.38. The van der Waals surface area contributed by atoms with E-state index in [1.807, 2.05) is 0 Å². The molecule has 0 radical (unpaired) electrons. The number of piperidine rings is 1. The molecule has 1 saturated heterocycles. The van der Waals surface area contributed by atoms with Crippen molar-refractivity contribution in [1.82, 2.24) is 26.1 Å². The van der Waals surface area contributed by atoms with Crippen LogP contribution in [0.2, 0.25) is 0 Å². The second kappa shape index (κ2) is 8.85. The molecule has 1 aromatic heterocycles. The summed E-state index contributed by atoms with van der Waals surface area (Å²) in [4.78, 5) is 48.6. The van der Waals surface area contributed by atoms with E-state index >= 15 is 0 Å². The summed E-state index contributed by atoms with van der Waals surface area (Å²) in [6, 6.07) is -0.541. The summed E-state index contributed by atoms with van der Waals surface area (Å²) in [7, 11) is 0. The number of nitrogens with one attached hydrogen (secondary N) is 4. The molecule has 3 rings (SSSR count). The van der Waals surface area contributed by atoms with Crippen LogP contribution in [0, 0.1) is 11.8 Å². The van der Waals surface area contributed by atoms with Crippen molar-refractivity contribution in [3.05, 3.63) is 18.0 Å². The van der Waals surface area contributed by atoms with Crippen LogP contribution >= 0.6 is 0 Å². The van der Waals surface area contributed by atoms with Crippen LogP contribution in [0.25, 0.3) is 0 Å². The maximum Gasteiger partial charge on any atom is 0.326 e. The van der Waals surface area contributed by atoms with Crippen molar-refractivity contribution in [3.8, 4) is 0 Å². The van der Waals surface area contributed by atoms with Gasteiger partial charge in [0.2, 0.25) is 11.8 Å². The number of H-pyrrole nitrogens is 1. The van der Waals surface area contributed by atoms with E-state index in [1.54, 1.807) is 0 Å². The Labute approximate surface area is 161 Å². The number of carbonyl (C=O) groups is 4. The van der Waals surface area contributed by atoms with Crippen LogP contribution in [-0.2, 0) is 14.4 Å². The third kappa shape index (κ3) is 5.30. The predicted molar refractivity (Wildman–Crippen MR) is 97.1 cm³/mol. The number of hydrogen-bond donors (Lipinski definition) is 5. The molecule has 10 heteroatoms. The molecule has 2 aliphatic rings. The molecule has 0 bridgehead atoms. The Hall–Kier alpha value is -2.91. The first-order valence-corrected chi connectivity index (χ1v) is 9.55. The van der Waals surface area contributed by atoms with Crippen molar-refractivity contribution in [2.24, 2.45) is 11.8 Å². The molecule has 1 aliphatic carbocycles. The molecule has 152 valence electrons. The summed E-state index contributed by atoms with van der Waals surface area (Å²) in [6.45, 7) is 0.586. The van der Waals surface area contributed by atoms with Gasteiger partial charge in [-0.3, -0.25) is 19.5 Å². The highest BCUT2D eigenvalue weighted by Gasteiger charge is 2.34. The lowest BCUT2D eigenvalue weighted by Crippen LogP contribution is -2.53. The van der Waals surface area contributed by atoms with Gasteiger partial charge in [-0.15, -0.1) is 0 Å². The fraction of sp³-hybridized carbons (Fsp3) is 0.611. The number of carboxylic acids is 1. The highest BCUT2D eigenvalue weighted by atomic mass is 16.4. The van der Waals surface area contributed by atoms with Gasteiger partial charge in [0.05, 0.1) is 0 Å². The maximum atomic E-state index is 12.7. The van der Waals surface area contributed by atoms with Crippen LogP contribution in [-0.4, -0.2) is 57.6 Å². The molecule has 2 heterocycles. The molecule has 28 heavy (non-hydrogen) atoms. The van der Waals surface area contributed by atoms with Crippen LogP contribution in [0.4, 0.5) is 0 Å². The third-order valence-corrected chi connectivity index (χ3v) is 5.17. The van der Waals surface area contributed by atoms with Gasteiger partial charge in [-0.25, -0.2) is 4.79 Å². The van der Waals surface area contributed by atoms with Gasteiger partial charge in [-0.05, 0) is 37.7 Å². The molecular formula is C18H25N5O5. The molecule has 0 aromatic carbocycles. The number of aromatic amines is 1. The topological polar surface area (TPSA) is 153 Å². The van der Waals surface area contributed by atoms with E-state index in [1.165, 1.54) is 12.3 Å². The van der Waals surface area contributed by atoms with Crippen LogP contribution < -0.4 is 16.0 Å². The molecule has 3 atom stereocenters. The summed E-state index contributed by atoms with van der Waals surface area (Å²) in [5.74, 6) is -2.52. The van der Waals surface area contributed by atoms with Gasteiger partial charge < -0.3 is 21.1 Å². The first kappa shape index (κ1) is 19.8. The van der Waals surface area contributed by atoms with Gasteiger partial charge in [0, 0.05) is 18.7 Å². The quantitative estimate of drug-likeness (QED) is 0.393. The second-order valence-corrected chi connectivity index (χ2v) is 7.44. The maximum absolute atomic E-state index is 12.7. The van der Waals surface area contributed by atoms with Crippen LogP contribution in [0.1, 0.15) is 49.0 Å². The molecule has 1 saturated carbocycles. The van der Waals surface area contributed by atoms with E-state index < -0.39 is 35.8 Å². The normalized spacial score (nSPS) is 21.3. The number of rotatable bonds is 9. The van der Waals surface area contributed by atoms with Crippen molar-refractivity contribution < 1.29 is 24.3 Å². The fourth-order valence-electron chi connectivity index (χ4n) is 3.38. The Kier molecular flexibility index (Phi) is 6.27. The Morgan fingerprint density at radius 3 is 2.57 bits per heavy atom. The average molecular weight is 391 g/mol. The van der Waals surface area contributed by atoms with Gasteiger partial charge in [0.1, 0.15) is 17.8 Å². The molecular weight excluding hydrogens is 366 g/mol. The SMILES string of the molecule is O=C(NC(CC1CC1)C(=O)NC(CC1CCCNC1=O)C(=O)O)c1ccn[nH]1. The lowest BCUT2D eigenvalue weighted by atomic mass is 9.91. The van der Waals surface area contributed by atoms with Crippen molar-refractivity contribution in [2.75, 3.05) is 6.54 Å². The van der Waals surface area contributed by atoms with E-state index in [4.69, 9.17) is 0 Å². The molecule has 3 amide bonds. The number of aliphatic carboxylic acids is 1. The Morgan fingerprint density at radius 1 is 1.18 bits per heavy atom. The van der Waals surface area contributed by atoms with E-state index in [0.29, 0.717) is 25.3 Å². The lowest BCUT2D eigenvalue weighted by molar-refractivity contribution is -0.143. The van der Waals surface area contributed by atoms with E-state index in [-0.39, 0.29) is 18.0 Å². The Balaban J connectivity index is 1.63. The zero-order valence-electron chi connectivity index (χ0n) is 15.4. The summed E-state index contributed by atoms with van der Waals surface area (Å²) in [6.07, 6.45) is 5.23. The highest BCUT2D eigenvalue weighted by Crippen LogP contribution is 2.33. The number of carbonyl (C=O) groups excluding carboxylic acids is 3. The van der Waals surface area contributed by atoms with Crippen molar-refractivity contribution >= 4 is 23.7 Å². The monoisotopic (exact) mass is 391 g/mol. The largest absolute Gasteiger partial charge is 0.480 e. The Morgan fingerprint density at radius 2 is 1.96 bits per heavy atom. The van der Waals surface area contributed by atoms with E-state index in [9.17, 15) is 24.3 Å². The number of amides is 3.